The summed E-state index contributed by atoms with van der Waals surface area (Å²) < 4.78 is 8.70. The van der Waals surface area contributed by atoms with Crippen LogP contribution in [0.5, 0.6) is 0 Å². The Hall–Kier alpha value is -1.37. The molecule has 1 aromatic heterocycles. The van der Waals surface area contributed by atoms with Crippen molar-refractivity contribution in [3.63, 3.8) is 0 Å². The van der Waals surface area contributed by atoms with Crippen molar-refractivity contribution in [3.05, 3.63) is 0 Å². The number of nitrogens with two attached hydrogens (primary N) is 1. The maximum Gasteiger partial charge on any atom is 0.310 e. The Morgan fingerprint density at radius 1 is 1.62 bits per heavy atom. The largest absolute Gasteiger partial charge is 0.469 e. The molecule has 1 fully saturated rings. The number of hydrogen-bond acceptors (Lipinski definition) is 7. The third-order valence-corrected chi connectivity index (χ3v) is 3.61. The number of anilines is 2. The molecule has 6 nitrogen and oxygen atoms in total. The van der Waals surface area contributed by atoms with Gasteiger partial charge in [0, 0.05) is 24.6 Å². The van der Waals surface area contributed by atoms with Crippen LogP contribution in [0.25, 0.3) is 0 Å². The average molecular weight is 242 g/mol. The molecule has 2 rings (SSSR count). The normalized spacial score (nSPS) is 24.8. The quantitative estimate of drug-likeness (QED) is 0.754. The molecule has 0 aliphatic carbocycles. The number of methoxy groups -OCH3 is 1. The van der Waals surface area contributed by atoms with E-state index in [1.54, 1.807) is 0 Å². The van der Waals surface area contributed by atoms with E-state index in [1.807, 2.05) is 11.8 Å². The van der Waals surface area contributed by atoms with Gasteiger partial charge >= 0.3 is 5.97 Å². The lowest BCUT2D eigenvalue weighted by molar-refractivity contribution is -0.145. The highest BCUT2D eigenvalue weighted by molar-refractivity contribution is 7.09. The highest BCUT2D eigenvalue weighted by atomic mass is 32.1. The summed E-state index contributed by atoms with van der Waals surface area (Å²) in [4.78, 5) is 17.6. The maximum atomic E-state index is 11.5. The van der Waals surface area contributed by atoms with Crippen LogP contribution in [0.3, 0.4) is 0 Å². The summed E-state index contributed by atoms with van der Waals surface area (Å²) in [6, 6.07) is 0. The lowest BCUT2D eigenvalue weighted by Gasteiger charge is -2.12. The van der Waals surface area contributed by atoms with Gasteiger partial charge in [0.05, 0.1) is 13.0 Å². The van der Waals surface area contributed by atoms with Crippen molar-refractivity contribution in [1.29, 1.82) is 0 Å². The zero-order chi connectivity index (χ0) is 11.7. The van der Waals surface area contributed by atoms with Gasteiger partial charge in [-0.25, -0.2) is 0 Å². The van der Waals surface area contributed by atoms with Crippen LogP contribution < -0.4 is 10.6 Å². The molecule has 0 bridgehead atoms. The van der Waals surface area contributed by atoms with Gasteiger partial charge in [0.2, 0.25) is 11.1 Å². The second-order valence-corrected chi connectivity index (χ2v) is 4.68. The van der Waals surface area contributed by atoms with E-state index in [2.05, 4.69) is 9.36 Å². The first-order chi connectivity index (χ1) is 7.61. The second kappa shape index (κ2) is 4.25. The van der Waals surface area contributed by atoms with E-state index in [-0.39, 0.29) is 23.8 Å². The van der Waals surface area contributed by atoms with E-state index in [4.69, 9.17) is 10.5 Å². The minimum absolute atomic E-state index is 0.0878. The van der Waals surface area contributed by atoms with Gasteiger partial charge in [-0.05, 0) is 5.92 Å². The van der Waals surface area contributed by atoms with Gasteiger partial charge in [0.1, 0.15) is 0 Å². The molecule has 0 amide bonds. The molecule has 1 aromatic rings. The van der Waals surface area contributed by atoms with Gasteiger partial charge in [-0.15, -0.1) is 0 Å². The van der Waals surface area contributed by atoms with Crippen molar-refractivity contribution in [2.24, 2.45) is 11.8 Å². The third kappa shape index (κ3) is 1.95. The van der Waals surface area contributed by atoms with Crippen LogP contribution in [-0.2, 0) is 9.53 Å². The fourth-order valence-corrected chi connectivity index (χ4v) is 2.55. The third-order valence-electron chi connectivity index (χ3n) is 2.82. The molecule has 88 valence electrons. The summed E-state index contributed by atoms with van der Waals surface area (Å²) >= 11 is 1.26. The summed E-state index contributed by atoms with van der Waals surface area (Å²) in [7, 11) is 1.42. The van der Waals surface area contributed by atoms with Crippen molar-refractivity contribution in [1.82, 2.24) is 9.36 Å². The van der Waals surface area contributed by atoms with Crippen LogP contribution >= 0.6 is 11.5 Å². The Morgan fingerprint density at radius 2 is 2.38 bits per heavy atom. The molecule has 2 N–H and O–H groups in total. The molecule has 0 saturated carbocycles. The molecule has 0 aromatic carbocycles. The average Bonchev–Trinajstić information content (AvgIpc) is 2.83. The van der Waals surface area contributed by atoms with Gasteiger partial charge in [-0.2, -0.15) is 9.36 Å². The molecule has 2 atom stereocenters. The molecule has 0 spiro atoms. The zero-order valence-corrected chi connectivity index (χ0v) is 10.0. The van der Waals surface area contributed by atoms with Crippen molar-refractivity contribution in [3.8, 4) is 0 Å². The van der Waals surface area contributed by atoms with Crippen molar-refractivity contribution in [2.75, 3.05) is 30.8 Å². The molecule has 7 heteroatoms. The van der Waals surface area contributed by atoms with E-state index in [9.17, 15) is 4.79 Å². The molecular weight excluding hydrogens is 228 g/mol. The van der Waals surface area contributed by atoms with Crippen molar-refractivity contribution >= 4 is 28.6 Å². The summed E-state index contributed by atoms with van der Waals surface area (Å²) in [5, 5.41) is 0.774. The van der Waals surface area contributed by atoms with Crippen LogP contribution in [0.4, 0.5) is 11.1 Å². The minimum atomic E-state index is -0.160. The summed E-state index contributed by atoms with van der Waals surface area (Å²) in [5.74, 6) is 0.300. The number of nitrogen functional groups attached to an aromatic ring is 1. The van der Waals surface area contributed by atoms with E-state index in [0.717, 1.165) is 11.7 Å². The molecule has 1 aliphatic heterocycles. The van der Waals surface area contributed by atoms with Crippen molar-refractivity contribution in [2.45, 2.75) is 6.92 Å². The van der Waals surface area contributed by atoms with Crippen LogP contribution in [0.15, 0.2) is 0 Å². The van der Waals surface area contributed by atoms with Crippen LogP contribution in [0.2, 0.25) is 0 Å². The van der Waals surface area contributed by atoms with Crippen LogP contribution in [0, 0.1) is 11.8 Å². The van der Waals surface area contributed by atoms with Crippen molar-refractivity contribution < 1.29 is 9.53 Å². The summed E-state index contributed by atoms with van der Waals surface area (Å²) in [5.41, 5.74) is 5.47. The van der Waals surface area contributed by atoms with E-state index in [1.165, 1.54) is 18.6 Å². The lowest BCUT2D eigenvalue weighted by atomic mass is 9.99. The topological polar surface area (TPSA) is 81.3 Å². The van der Waals surface area contributed by atoms with Gasteiger partial charge in [0.25, 0.3) is 0 Å². The number of ether oxygens (including phenoxy) is 1. The molecule has 0 radical (unpaired) electrons. The predicted molar refractivity (Wildman–Crippen MR) is 61.2 cm³/mol. The fourth-order valence-electron chi connectivity index (χ4n) is 1.94. The molecule has 1 aliphatic rings. The number of nitrogens with zero attached hydrogens (tertiary/aromatic N) is 3. The Balaban J connectivity index is 2.09. The molecular formula is C9H14N4O2S. The van der Waals surface area contributed by atoms with Gasteiger partial charge in [-0.3, -0.25) is 4.79 Å². The van der Waals surface area contributed by atoms with Gasteiger partial charge in [-0.1, -0.05) is 6.92 Å². The summed E-state index contributed by atoms with van der Waals surface area (Å²) in [6.45, 7) is 3.45. The smallest absolute Gasteiger partial charge is 0.310 e. The number of hydrogen-bond donors (Lipinski definition) is 1. The monoisotopic (exact) mass is 242 g/mol. The Labute approximate surface area is 97.6 Å². The SMILES string of the molecule is COC(=O)C1CN(c2nc(N)ns2)CC1C. The number of carbonyl (C=O) groups excluding carboxylic acids is 1. The maximum absolute atomic E-state index is 11.5. The number of rotatable bonds is 2. The van der Waals surface area contributed by atoms with E-state index >= 15 is 0 Å². The Bertz CT molecular complexity index is 395. The predicted octanol–water partition coefficient (Wildman–Crippen LogP) is 0.366. The first-order valence-corrected chi connectivity index (χ1v) is 5.81. The number of carbonyl (C=O) groups is 1. The van der Waals surface area contributed by atoms with Crippen LogP contribution in [0.1, 0.15) is 6.92 Å². The van der Waals surface area contributed by atoms with Gasteiger partial charge in [0.15, 0.2) is 0 Å². The zero-order valence-electron chi connectivity index (χ0n) is 9.21. The minimum Gasteiger partial charge on any atom is -0.469 e. The fraction of sp³-hybridized carbons (Fsp3) is 0.667. The standard InChI is InChI=1S/C9H14N4O2S/c1-5-3-13(4-6(5)7(14)15-2)9-11-8(10)12-16-9/h5-6H,3-4H2,1-2H3,(H2,10,12). The first-order valence-electron chi connectivity index (χ1n) is 5.03. The molecule has 1 saturated heterocycles. The Kier molecular flexibility index (Phi) is 2.95. The van der Waals surface area contributed by atoms with Gasteiger partial charge < -0.3 is 15.4 Å². The highest BCUT2D eigenvalue weighted by Gasteiger charge is 2.36. The summed E-state index contributed by atoms with van der Waals surface area (Å²) in [6.07, 6.45) is 0. The second-order valence-electron chi connectivity index (χ2n) is 3.95. The first kappa shape index (κ1) is 11.1. The Morgan fingerprint density at radius 3 is 2.94 bits per heavy atom. The van der Waals surface area contributed by atoms with E-state index in [0.29, 0.717) is 6.54 Å². The van der Waals surface area contributed by atoms with Crippen LogP contribution in [-0.4, -0.2) is 35.5 Å². The number of esters is 1. The molecule has 2 unspecified atom stereocenters. The number of aromatic nitrogens is 2. The van der Waals surface area contributed by atoms with E-state index < -0.39 is 0 Å². The lowest BCUT2D eigenvalue weighted by Crippen LogP contribution is -2.24. The molecule has 2 heterocycles. The molecule has 16 heavy (non-hydrogen) atoms. The highest BCUT2D eigenvalue weighted by Crippen LogP contribution is 2.30.